The molecule has 5 nitrogen and oxygen atoms in total. The first-order valence-electron chi connectivity index (χ1n) is 4.46. The highest BCUT2D eigenvalue weighted by atomic mass is 16.5. The van der Waals surface area contributed by atoms with Gasteiger partial charge in [-0.1, -0.05) is 0 Å². The number of hydrogen-bond donors (Lipinski definition) is 1. The van der Waals surface area contributed by atoms with Gasteiger partial charge in [0.15, 0.2) is 0 Å². The van der Waals surface area contributed by atoms with Crippen LogP contribution in [0.3, 0.4) is 0 Å². The van der Waals surface area contributed by atoms with Gasteiger partial charge in [0, 0.05) is 36.6 Å². The van der Waals surface area contributed by atoms with Crippen molar-refractivity contribution in [1.29, 1.82) is 0 Å². The Hall–Kier alpha value is -2.04. The molecule has 0 fully saturated rings. The average Bonchev–Trinajstić information content (AvgIpc) is 2.64. The molecule has 15 heavy (non-hydrogen) atoms. The van der Waals surface area contributed by atoms with Crippen LogP contribution >= 0.6 is 0 Å². The quantitative estimate of drug-likeness (QED) is 0.788. The SMILES string of the molecule is COc1cc(=O)[nH]cc1-c1cnn(C)c1. The van der Waals surface area contributed by atoms with Crippen LogP contribution in [0.1, 0.15) is 0 Å². The van der Waals surface area contributed by atoms with Crippen LogP contribution in [0.25, 0.3) is 11.1 Å². The monoisotopic (exact) mass is 205 g/mol. The molecule has 2 rings (SSSR count). The van der Waals surface area contributed by atoms with Crippen LogP contribution in [0.5, 0.6) is 5.75 Å². The number of H-pyrrole nitrogens is 1. The number of aryl methyl sites for hydroxylation is 1. The Morgan fingerprint density at radius 2 is 2.33 bits per heavy atom. The minimum absolute atomic E-state index is 0.181. The zero-order chi connectivity index (χ0) is 10.8. The van der Waals surface area contributed by atoms with Crippen LogP contribution in [0.15, 0.2) is 29.5 Å². The maximum Gasteiger partial charge on any atom is 0.251 e. The predicted octanol–water partition coefficient (Wildman–Crippen LogP) is 0.784. The molecule has 0 bridgehead atoms. The molecular weight excluding hydrogens is 194 g/mol. The topological polar surface area (TPSA) is 59.9 Å². The zero-order valence-electron chi connectivity index (χ0n) is 8.52. The van der Waals surface area contributed by atoms with Gasteiger partial charge < -0.3 is 9.72 Å². The summed E-state index contributed by atoms with van der Waals surface area (Å²) in [5.74, 6) is 0.548. The maximum atomic E-state index is 11.1. The number of methoxy groups -OCH3 is 1. The van der Waals surface area contributed by atoms with Gasteiger partial charge in [-0.2, -0.15) is 5.10 Å². The summed E-state index contributed by atoms with van der Waals surface area (Å²) in [6, 6.07) is 1.42. The lowest BCUT2D eigenvalue weighted by atomic mass is 10.1. The van der Waals surface area contributed by atoms with Gasteiger partial charge in [-0.25, -0.2) is 0 Å². The molecule has 2 aromatic heterocycles. The molecule has 0 atom stereocenters. The molecule has 0 unspecified atom stereocenters. The zero-order valence-corrected chi connectivity index (χ0v) is 8.52. The number of aromatic nitrogens is 3. The number of nitrogens with one attached hydrogen (secondary N) is 1. The average molecular weight is 205 g/mol. The molecule has 1 N–H and O–H groups in total. The van der Waals surface area contributed by atoms with Gasteiger partial charge in [-0.3, -0.25) is 9.48 Å². The van der Waals surface area contributed by atoms with Gasteiger partial charge in [-0.15, -0.1) is 0 Å². The van der Waals surface area contributed by atoms with E-state index in [-0.39, 0.29) is 5.56 Å². The molecule has 0 saturated carbocycles. The van der Waals surface area contributed by atoms with Crippen LogP contribution in [-0.4, -0.2) is 21.9 Å². The number of nitrogens with zero attached hydrogens (tertiary/aromatic N) is 2. The Morgan fingerprint density at radius 3 is 2.93 bits per heavy atom. The Morgan fingerprint density at radius 1 is 1.53 bits per heavy atom. The highest BCUT2D eigenvalue weighted by Gasteiger charge is 2.07. The smallest absolute Gasteiger partial charge is 0.251 e. The van der Waals surface area contributed by atoms with E-state index < -0.39 is 0 Å². The number of pyridine rings is 1. The first-order valence-corrected chi connectivity index (χ1v) is 4.46. The third kappa shape index (κ3) is 1.76. The molecule has 0 spiro atoms. The van der Waals surface area contributed by atoms with E-state index in [2.05, 4.69) is 10.1 Å². The summed E-state index contributed by atoms with van der Waals surface area (Å²) in [5.41, 5.74) is 1.55. The van der Waals surface area contributed by atoms with Gasteiger partial charge in [-0.05, 0) is 0 Å². The maximum absolute atomic E-state index is 11.1. The molecule has 0 aliphatic carbocycles. The minimum Gasteiger partial charge on any atom is -0.496 e. The summed E-state index contributed by atoms with van der Waals surface area (Å²) in [6.07, 6.45) is 5.20. The fourth-order valence-corrected chi connectivity index (χ4v) is 1.41. The van der Waals surface area contributed by atoms with Gasteiger partial charge in [0.1, 0.15) is 5.75 Å². The van der Waals surface area contributed by atoms with Crippen molar-refractivity contribution in [3.05, 3.63) is 35.0 Å². The summed E-state index contributed by atoms with van der Waals surface area (Å²) >= 11 is 0. The van der Waals surface area contributed by atoms with Crippen molar-refractivity contribution in [2.45, 2.75) is 0 Å². The van der Waals surface area contributed by atoms with Crippen molar-refractivity contribution in [3.63, 3.8) is 0 Å². The van der Waals surface area contributed by atoms with Gasteiger partial charge in [0.05, 0.1) is 13.3 Å². The van der Waals surface area contributed by atoms with Gasteiger partial charge >= 0.3 is 0 Å². The second-order valence-electron chi connectivity index (χ2n) is 3.18. The van der Waals surface area contributed by atoms with Gasteiger partial charge in [0.25, 0.3) is 5.56 Å². The van der Waals surface area contributed by atoms with Crippen molar-refractivity contribution < 1.29 is 4.74 Å². The van der Waals surface area contributed by atoms with E-state index in [1.54, 1.807) is 17.1 Å². The first kappa shape index (κ1) is 9.51. The molecule has 0 aliphatic heterocycles. The number of ether oxygens (including phenoxy) is 1. The second kappa shape index (κ2) is 3.61. The van der Waals surface area contributed by atoms with Crippen LogP contribution in [0.2, 0.25) is 0 Å². The van der Waals surface area contributed by atoms with Crippen LogP contribution in [0, 0.1) is 0 Å². The highest BCUT2D eigenvalue weighted by Crippen LogP contribution is 2.26. The second-order valence-corrected chi connectivity index (χ2v) is 3.18. The third-order valence-electron chi connectivity index (χ3n) is 2.12. The molecule has 0 saturated heterocycles. The fourth-order valence-electron chi connectivity index (χ4n) is 1.41. The molecule has 0 amide bonds. The van der Waals surface area contributed by atoms with E-state index in [1.165, 1.54) is 13.2 Å². The Kier molecular flexibility index (Phi) is 2.29. The molecule has 2 aromatic rings. The Balaban J connectivity index is 2.57. The van der Waals surface area contributed by atoms with Crippen molar-refractivity contribution >= 4 is 0 Å². The number of rotatable bonds is 2. The van der Waals surface area contributed by atoms with Crippen molar-refractivity contribution in [1.82, 2.24) is 14.8 Å². The molecule has 0 aliphatic rings. The largest absolute Gasteiger partial charge is 0.496 e. The van der Waals surface area contributed by atoms with E-state index in [0.29, 0.717) is 5.75 Å². The van der Waals surface area contributed by atoms with Crippen LogP contribution < -0.4 is 10.3 Å². The van der Waals surface area contributed by atoms with E-state index >= 15 is 0 Å². The molecule has 2 heterocycles. The molecule has 5 heteroatoms. The van der Waals surface area contributed by atoms with Gasteiger partial charge in [0.2, 0.25) is 0 Å². The van der Waals surface area contributed by atoms with E-state index in [0.717, 1.165) is 11.1 Å². The summed E-state index contributed by atoms with van der Waals surface area (Å²) in [4.78, 5) is 13.7. The summed E-state index contributed by atoms with van der Waals surface area (Å²) < 4.78 is 6.83. The summed E-state index contributed by atoms with van der Waals surface area (Å²) in [5, 5.41) is 4.06. The van der Waals surface area contributed by atoms with Crippen LogP contribution in [-0.2, 0) is 7.05 Å². The summed E-state index contributed by atoms with van der Waals surface area (Å²) in [6.45, 7) is 0. The van der Waals surface area contributed by atoms with E-state index in [4.69, 9.17) is 4.74 Å². The lowest BCUT2D eigenvalue weighted by Crippen LogP contribution is -2.04. The van der Waals surface area contributed by atoms with Crippen LogP contribution in [0.4, 0.5) is 0 Å². The molecule has 78 valence electrons. The third-order valence-corrected chi connectivity index (χ3v) is 2.12. The van der Waals surface area contributed by atoms with Crippen molar-refractivity contribution in [3.8, 4) is 16.9 Å². The highest BCUT2D eigenvalue weighted by molar-refractivity contribution is 5.67. The Bertz CT molecular complexity index is 527. The minimum atomic E-state index is -0.181. The van der Waals surface area contributed by atoms with E-state index in [9.17, 15) is 4.79 Å². The number of aromatic amines is 1. The summed E-state index contributed by atoms with van der Waals surface area (Å²) in [7, 11) is 3.37. The predicted molar refractivity (Wildman–Crippen MR) is 55.8 cm³/mol. The molecular formula is C10H11N3O2. The van der Waals surface area contributed by atoms with Crippen molar-refractivity contribution in [2.24, 2.45) is 7.05 Å². The fraction of sp³-hybridized carbons (Fsp3) is 0.200. The normalized spacial score (nSPS) is 10.3. The lowest BCUT2D eigenvalue weighted by molar-refractivity contribution is 0.415. The standard InChI is InChI=1S/C10H11N3O2/c1-13-6-7(4-12-13)8-5-11-10(14)3-9(8)15-2/h3-6H,1-2H3,(H,11,14). The first-order chi connectivity index (χ1) is 7.20. The lowest BCUT2D eigenvalue weighted by Gasteiger charge is -2.04. The number of hydrogen-bond acceptors (Lipinski definition) is 3. The Labute approximate surface area is 86.3 Å². The molecule has 0 radical (unpaired) electrons. The van der Waals surface area contributed by atoms with Crippen molar-refractivity contribution in [2.75, 3.05) is 7.11 Å². The molecule has 0 aromatic carbocycles. The van der Waals surface area contributed by atoms with E-state index in [1.807, 2.05) is 13.2 Å².